The molecule has 0 atom stereocenters. The normalized spacial score (nSPS) is 15.5. The lowest BCUT2D eigenvalue weighted by Crippen LogP contribution is -2.37. The molecule has 2 bridgehead atoms. The first-order chi connectivity index (χ1) is 12.2. The lowest BCUT2D eigenvalue weighted by molar-refractivity contribution is 0.0950. The standard InChI is InChI=1S/C20H21N3O2/c1-14-3-2-4-18(22-14)15-7-10-23(11-8-15)12-9-21-20(24)17-13-16-5-6-19(17)25-16/h2-7,13H,8-12H2,1H3,(H,21,24). The molecule has 3 aromatic rings. The number of hydrogen-bond acceptors (Lipinski definition) is 4. The van der Waals surface area contributed by atoms with Crippen molar-refractivity contribution in [1.82, 2.24) is 15.2 Å². The van der Waals surface area contributed by atoms with E-state index in [4.69, 9.17) is 4.42 Å². The molecule has 4 heterocycles. The Hall–Kier alpha value is -2.66. The number of hydrogen-bond donors (Lipinski definition) is 1. The second-order valence-electron chi connectivity index (χ2n) is 6.46. The van der Waals surface area contributed by atoms with Gasteiger partial charge in [0.05, 0.1) is 11.3 Å². The summed E-state index contributed by atoms with van der Waals surface area (Å²) in [5.41, 5.74) is 5.48. The highest BCUT2D eigenvalue weighted by molar-refractivity contribution is 6.02. The van der Waals surface area contributed by atoms with Crippen LogP contribution in [0, 0.1) is 6.92 Å². The van der Waals surface area contributed by atoms with Gasteiger partial charge in [-0.05, 0) is 49.2 Å². The van der Waals surface area contributed by atoms with E-state index < -0.39 is 0 Å². The average Bonchev–Trinajstić information content (AvgIpc) is 3.26. The first-order valence-electron chi connectivity index (χ1n) is 8.64. The van der Waals surface area contributed by atoms with Gasteiger partial charge in [0.15, 0.2) is 0 Å². The fourth-order valence-corrected chi connectivity index (χ4v) is 3.26. The van der Waals surface area contributed by atoms with Crippen LogP contribution in [0.2, 0.25) is 0 Å². The van der Waals surface area contributed by atoms with Gasteiger partial charge in [0, 0.05) is 31.9 Å². The van der Waals surface area contributed by atoms with E-state index in [1.165, 1.54) is 5.57 Å². The SMILES string of the molecule is Cc1cccc(C2=CCN(CCNC(=O)c3cc4ccc3o4)CC2)n1. The van der Waals surface area contributed by atoms with Crippen LogP contribution in [0.15, 0.2) is 46.9 Å². The molecule has 5 heteroatoms. The number of carbonyl (C=O) groups is 1. The Morgan fingerprint density at radius 1 is 1.32 bits per heavy atom. The molecule has 4 rings (SSSR count). The van der Waals surface area contributed by atoms with Crippen LogP contribution in [0.3, 0.4) is 0 Å². The van der Waals surface area contributed by atoms with E-state index >= 15 is 0 Å². The van der Waals surface area contributed by atoms with Gasteiger partial charge in [-0.25, -0.2) is 0 Å². The molecular formula is C20H21N3O2. The maximum absolute atomic E-state index is 12.2. The van der Waals surface area contributed by atoms with Gasteiger partial charge >= 0.3 is 0 Å². The molecule has 3 aromatic heterocycles. The number of carbonyl (C=O) groups excluding carboxylic acids is 1. The van der Waals surface area contributed by atoms with Crippen LogP contribution >= 0.6 is 0 Å². The molecule has 0 radical (unpaired) electrons. The van der Waals surface area contributed by atoms with Gasteiger partial charge in [-0.1, -0.05) is 12.1 Å². The summed E-state index contributed by atoms with van der Waals surface area (Å²) < 4.78 is 5.41. The first kappa shape index (κ1) is 15.8. The second kappa shape index (κ2) is 6.69. The Morgan fingerprint density at radius 3 is 2.92 bits per heavy atom. The van der Waals surface area contributed by atoms with Crippen molar-refractivity contribution in [3.63, 3.8) is 0 Å². The minimum atomic E-state index is -0.0634. The molecule has 5 nitrogen and oxygen atoms in total. The number of pyridine rings is 1. The predicted octanol–water partition coefficient (Wildman–Crippen LogP) is 3.09. The van der Waals surface area contributed by atoms with Crippen molar-refractivity contribution in [1.29, 1.82) is 0 Å². The molecule has 1 aliphatic heterocycles. The van der Waals surface area contributed by atoms with Crippen molar-refractivity contribution >= 4 is 22.6 Å². The third-order valence-electron chi connectivity index (χ3n) is 4.65. The van der Waals surface area contributed by atoms with E-state index in [-0.39, 0.29) is 5.91 Å². The van der Waals surface area contributed by atoms with Gasteiger partial charge in [-0.3, -0.25) is 14.7 Å². The van der Waals surface area contributed by atoms with Crippen molar-refractivity contribution in [2.45, 2.75) is 13.3 Å². The van der Waals surface area contributed by atoms with Gasteiger partial charge in [-0.15, -0.1) is 0 Å². The maximum atomic E-state index is 12.2. The minimum absolute atomic E-state index is 0.0634. The lowest BCUT2D eigenvalue weighted by atomic mass is 10.0. The fourth-order valence-electron chi connectivity index (χ4n) is 3.26. The summed E-state index contributed by atoms with van der Waals surface area (Å²) in [5, 5.41) is 2.98. The van der Waals surface area contributed by atoms with Crippen LogP contribution in [0.1, 0.15) is 28.2 Å². The molecule has 0 aliphatic carbocycles. The number of amides is 1. The first-order valence-corrected chi connectivity index (χ1v) is 8.64. The highest BCUT2D eigenvalue weighted by atomic mass is 16.3. The number of fused-ring (bicyclic) bond motifs is 2. The summed E-state index contributed by atoms with van der Waals surface area (Å²) in [6.07, 6.45) is 3.24. The van der Waals surface area contributed by atoms with Crippen molar-refractivity contribution < 1.29 is 9.21 Å². The van der Waals surface area contributed by atoms with Crippen LogP contribution in [-0.2, 0) is 0 Å². The quantitative estimate of drug-likeness (QED) is 0.778. The number of aromatic nitrogens is 1. The van der Waals surface area contributed by atoms with Crippen LogP contribution in [0.5, 0.6) is 0 Å². The van der Waals surface area contributed by atoms with Gasteiger partial charge in [0.25, 0.3) is 5.91 Å². The van der Waals surface area contributed by atoms with Crippen molar-refractivity contribution in [3.05, 3.63) is 59.4 Å². The molecule has 25 heavy (non-hydrogen) atoms. The van der Waals surface area contributed by atoms with Gasteiger partial charge in [0.1, 0.15) is 11.2 Å². The largest absolute Gasteiger partial charge is 0.457 e. The topological polar surface area (TPSA) is 58.4 Å². The monoisotopic (exact) mass is 335 g/mol. The summed E-state index contributed by atoms with van der Waals surface area (Å²) in [4.78, 5) is 19.1. The molecule has 0 saturated carbocycles. The number of nitrogens with one attached hydrogen (secondary N) is 1. The number of nitrogens with zero attached hydrogens (tertiary/aromatic N) is 2. The molecule has 0 saturated heterocycles. The molecule has 1 aliphatic rings. The van der Waals surface area contributed by atoms with Gasteiger partial charge in [-0.2, -0.15) is 0 Å². The summed E-state index contributed by atoms with van der Waals surface area (Å²) >= 11 is 0. The Kier molecular flexibility index (Phi) is 4.24. The highest BCUT2D eigenvalue weighted by Crippen LogP contribution is 2.22. The number of benzene rings is 1. The Balaban J connectivity index is 1.27. The van der Waals surface area contributed by atoms with E-state index in [9.17, 15) is 4.79 Å². The smallest absolute Gasteiger partial charge is 0.255 e. The van der Waals surface area contributed by atoms with Gasteiger partial charge < -0.3 is 9.73 Å². The van der Waals surface area contributed by atoms with E-state index in [0.29, 0.717) is 17.7 Å². The third-order valence-corrected chi connectivity index (χ3v) is 4.65. The van der Waals surface area contributed by atoms with Crippen molar-refractivity contribution in [2.75, 3.05) is 26.2 Å². The van der Waals surface area contributed by atoms with E-state index in [1.54, 1.807) is 6.07 Å². The van der Waals surface area contributed by atoms with Gasteiger partial charge in [0.2, 0.25) is 0 Å². The van der Waals surface area contributed by atoms with Crippen molar-refractivity contribution in [3.8, 4) is 0 Å². The Bertz CT molecular complexity index is 912. The zero-order valence-corrected chi connectivity index (χ0v) is 14.3. The zero-order chi connectivity index (χ0) is 17.2. The zero-order valence-electron chi connectivity index (χ0n) is 14.3. The molecule has 0 spiro atoms. The van der Waals surface area contributed by atoms with Crippen LogP contribution in [0.4, 0.5) is 0 Å². The van der Waals surface area contributed by atoms with E-state index in [2.05, 4.69) is 33.4 Å². The molecule has 1 N–H and O–H groups in total. The summed E-state index contributed by atoms with van der Waals surface area (Å²) in [5.74, 6) is -0.0634. The Morgan fingerprint density at radius 2 is 2.24 bits per heavy atom. The van der Waals surface area contributed by atoms with E-state index in [1.807, 2.05) is 25.1 Å². The number of aryl methyl sites for hydroxylation is 1. The van der Waals surface area contributed by atoms with Crippen LogP contribution in [-0.4, -0.2) is 42.0 Å². The second-order valence-corrected chi connectivity index (χ2v) is 6.46. The number of rotatable bonds is 5. The maximum Gasteiger partial charge on any atom is 0.255 e. The minimum Gasteiger partial charge on any atom is -0.457 e. The third kappa shape index (κ3) is 3.42. The molecule has 128 valence electrons. The molecule has 0 aromatic carbocycles. The molecule has 1 amide bonds. The highest BCUT2D eigenvalue weighted by Gasteiger charge is 2.16. The Labute approximate surface area is 146 Å². The molecule has 0 fully saturated rings. The van der Waals surface area contributed by atoms with Crippen LogP contribution in [0.25, 0.3) is 16.7 Å². The molecule has 0 unspecified atom stereocenters. The lowest BCUT2D eigenvalue weighted by Gasteiger charge is -2.26. The fraction of sp³-hybridized carbons (Fsp3) is 0.300. The summed E-state index contributed by atoms with van der Waals surface area (Å²) in [6.45, 7) is 5.37. The summed E-state index contributed by atoms with van der Waals surface area (Å²) in [6, 6.07) is 11.6. The van der Waals surface area contributed by atoms with E-state index in [0.717, 1.165) is 43.0 Å². The number of furan rings is 2. The summed E-state index contributed by atoms with van der Waals surface area (Å²) in [7, 11) is 0. The average molecular weight is 335 g/mol. The predicted molar refractivity (Wildman–Crippen MR) is 97.7 cm³/mol. The van der Waals surface area contributed by atoms with Crippen LogP contribution < -0.4 is 5.32 Å². The van der Waals surface area contributed by atoms with Crippen molar-refractivity contribution in [2.24, 2.45) is 0 Å². The molecular weight excluding hydrogens is 314 g/mol.